The second-order valence-corrected chi connectivity index (χ2v) is 5.51. The summed E-state index contributed by atoms with van der Waals surface area (Å²) in [5.74, 6) is 0. The smallest absolute Gasteiger partial charge is 0.0992 e. The minimum absolute atomic E-state index is 0.700. The molecule has 0 aliphatic rings. The predicted molar refractivity (Wildman–Crippen MR) is 89.7 cm³/mol. The molecule has 0 amide bonds. The van der Waals surface area contributed by atoms with Gasteiger partial charge in [0.2, 0.25) is 0 Å². The first-order valence-corrected chi connectivity index (χ1v) is 7.30. The largest absolute Gasteiger partial charge is 0.343 e. The van der Waals surface area contributed by atoms with Gasteiger partial charge in [0.1, 0.15) is 0 Å². The van der Waals surface area contributed by atoms with Crippen molar-refractivity contribution in [1.82, 2.24) is 4.57 Å². The van der Waals surface area contributed by atoms with Crippen molar-refractivity contribution in [1.29, 1.82) is 5.26 Å². The van der Waals surface area contributed by atoms with Gasteiger partial charge in [-0.2, -0.15) is 5.26 Å². The Morgan fingerprint density at radius 2 is 1.64 bits per heavy atom. The van der Waals surface area contributed by atoms with Crippen molar-refractivity contribution in [2.24, 2.45) is 0 Å². The zero-order valence-electron chi connectivity index (χ0n) is 12.0. The lowest BCUT2D eigenvalue weighted by molar-refractivity contribution is 0.838. The van der Waals surface area contributed by atoms with E-state index in [0.29, 0.717) is 5.56 Å². The maximum absolute atomic E-state index is 9.07. The fourth-order valence-corrected chi connectivity index (χ4v) is 2.93. The number of benzene rings is 3. The maximum atomic E-state index is 9.07. The topological polar surface area (TPSA) is 28.7 Å². The molecule has 0 spiro atoms. The molecule has 0 fully saturated rings. The van der Waals surface area contributed by atoms with E-state index in [2.05, 4.69) is 65.4 Å². The highest BCUT2D eigenvalue weighted by molar-refractivity contribution is 5.83. The van der Waals surface area contributed by atoms with Crippen LogP contribution in [-0.4, -0.2) is 4.57 Å². The lowest BCUT2D eigenvalue weighted by atomic mass is 10.1. The van der Waals surface area contributed by atoms with Gasteiger partial charge in [-0.25, -0.2) is 0 Å². The van der Waals surface area contributed by atoms with Crippen LogP contribution in [0.5, 0.6) is 0 Å². The van der Waals surface area contributed by atoms with Crippen LogP contribution in [0.25, 0.3) is 21.7 Å². The number of hydrogen-bond acceptors (Lipinski definition) is 1. The monoisotopic (exact) mass is 282 g/mol. The number of rotatable bonds is 2. The number of nitrogens with zero attached hydrogens (tertiary/aromatic N) is 2. The fourth-order valence-electron chi connectivity index (χ4n) is 2.93. The van der Waals surface area contributed by atoms with Crippen LogP contribution in [0.3, 0.4) is 0 Å². The Balaban J connectivity index is 1.77. The minimum Gasteiger partial charge on any atom is -0.343 e. The van der Waals surface area contributed by atoms with Crippen molar-refractivity contribution in [3.63, 3.8) is 0 Å². The van der Waals surface area contributed by atoms with Gasteiger partial charge >= 0.3 is 0 Å². The van der Waals surface area contributed by atoms with Gasteiger partial charge in [0, 0.05) is 18.3 Å². The Labute approximate surface area is 128 Å². The third-order valence-corrected chi connectivity index (χ3v) is 4.07. The van der Waals surface area contributed by atoms with E-state index in [0.717, 1.165) is 12.1 Å². The summed E-state index contributed by atoms with van der Waals surface area (Å²) >= 11 is 0. The summed E-state index contributed by atoms with van der Waals surface area (Å²) < 4.78 is 2.19. The predicted octanol–water partition coefficient (Wildman–Crippen LogP) is 4.71. The number of aromatic nitrogens is 1. The van der Waals surface area contributed by atoms with Gasteiger partial charge < -0.3 is 4.57 Å². The molecule has 0 aliphatic heterocycles. The molecule has 1 aromatic heterocycles. The van der Waals surface area contributed by atoms with Crippen molar-refractivity contribution in [3.8, 4) is 6.07 Å². The molecule has 4 rings (SSSR count). The van der Waals surface area contributed by atoms with Crippen molar-refractivity contribution in [3.05, 3.63) is 84.1 Å². The van der Waals surface area contributed by atoms with E-state index in [1.807, 2.05) is 18.2 Å². The van der Waals surface area contributed by atoms with Crippen LogP contribution in [0.4, 0.5) is 0 Å². The normalized spacial score (nSPS) is 10.9. The molecule has 0 saturated carbocycles. The summed E-state index contributed by atoms with van der Waals surface area (Å²) in [5, 5.41) is 12.8. The Kier molecular flexibility index (Phi) is 2.91. The molecule has 3 aromatic carbocycles. The summed E-state index contributed by atoms with van der Waals surface area (Å²) in [6.07, 6.45) is 2.08. The number of fused-ring (bicyclic) bond motifs is 2. The van der Waals surface area contributed by atoms with Crippen molar-refractivity contribution >= 4 is 21.7 Å². The van der Waals surface area contributed by atoms with E-state index in [4.69, 9.17) is 5.26 Å². The van der Waals surface area contributed by atoms with Gasteiger partial charge in [0.15, 0.2) is 0 Å². The second-order valence-electron chi connectivity index (χ2n) is 5.51. The molecule has 22 heavy (non-hydrogen) atoms. The van der Waals surface area contributed by atoms with Crippen LogP contribution in [0, 0.1) is 11.3 Å². The average Bonchev–Trinajstić information content (AvgIpc) is 2.97. The SMILES string of the molecule is N#Cc1ccc2ccn(Cc3ccc4ccccc4c3)c2c1. The maximum Gasteiger partial charge on any atom is 0.0992 e. The molecule has 0 radical (unpaired) electrons. The van der Waals surface area contributed by atoms with Gasteiger partial charge in [-0.15, -0.1) is 0 Å². The minimum atomic E-state index is 0.700. The van der Waals surface area contributed by atoms with Crippen LogP contribution in [-0.2, 0) is 6.54 Å². The Hall–Kier alpha value is -3.05. The van der Waals surface area contributed by atoms with Gasteiger partial charge in [0.25, 0.3) is 0 Å². The van der Waals surface area contributed by atoms with Gasteiger partial charge in [-0.1, -0.05) is 42.5 Å². The highest BCUT2D eigenvalue weighted by atomic mass is 14.9. The molecule has 1 heterocycles. The first kappa shape index (κ1) is 12.7. The lowest BCUT2D eigenvalue weighted by Crippen LogP contribution is -1.97. The zero-order valence-corrected chi connectivity index (χ0v) is 12.0. The molecule has 0 bridgehead atoms. The molecular weight excluding hydrogens is 268 g/mol. The molecule has 2 heteroatoms. The molecule has 0 atom stereocenters. The molecule has 0 saturated heterocycles. The number of nitriles is 1. The number of hydrogen-bond donors (Lipinski definition) is 0. The van der Waals surface area contributed by atoms with E-state index in [1.165, 1.54) is 21.7 Å². The molecule has 0 aliphatic carbocycles. The fraction of sp³-hybridized carbons (Fsp3) is 0.0500. The Morgan fingerprint density at radius 3 is 2.50 bits per heavy atom. The standard InChI is InChI=1S/C20H14N2/c21-13-15-5-8-18-9-10-22(20(18)12-15)14-16-6-7-17-3-1-2-4-19(17)11-16/h1-12H,14H2. The van der Waals surface area contributed by atoms with Crippen LogP contribution in [0.15, 0.2) is 72.9 Å². The summed E-state index contributed by atoms with van der Waals surface area (Å²) in [4.78, 5) is 0. The summed E-state index contributed by atoms with van der Waals surface area (Å²) in [7, 11) is 0. The molecule has 0 N–H and O–H groups in total. The van der Waals surface area contributed by atoms with E-state index in [9.17, 15) is 0 Å². The van der Waals surface area contributed by atoms with Crippen LogP contribution < -0.4 is 0 Å². The van der Waals surface area contributed by atoms with E-state index < -0.39 is 0 Å². The van der Waals surface area contributed by atoms with Crippen LogP contribution >= 0.6 is 0 Å². The third-order valence-electron chi connectivity index (χ3n) is 4.07. The average molecular weight is 282 g/mol. The Morgan fingerprint density at radius 1 is 0.818 bits per heavy atom. The van der Waals surface area contributed by atoms with Gasteiger partial charge in [0.05, 0.1) is 11.6 Å². The molecular formula is C20H14N2. The molecule has 2 nitrogen and oxygen atoms in total. The van der Waals surface area contributed by atoms with E-state index in [-0.39, 0.29) is 0 Å². The molecule has 0 unspecified atom stereocenters. The van der Waals surface area contributed by atoms with Crippen molar-refractivity contribution in [2.45, 2.75) is 6.54 Å². The first-order valence-electron chi connectivity index (χ1n) is 7.30. The van der Waals surface area contributed by atoms with Crippen molar-refractivity contribution in [2.75, 3.05) is 0 Å². The van der Waals surface area contributed by atoms with Gasteiger partial charge in [-0.3, -0.25) is 0 Å². The van der Waals surface area contributed by atoms with Crippen LogP contribution in [0.1, 0.15) is 11.1 Å². The van der Waals surface area contributed by atoms with Gasteiger partial charge in [-0.05, 0) is 46.0 Å². The Bertz CT molecular complexity index is 1020. The molecule has 4 aromatic rings. The zero-order chi connectivity index (χ0) is 14.9. The highest BCUT2D eigenvalue weighted by Gasteiger charge is 2.04. The van der Waals surface area contributed by atoms with Crippen molar-refractivity contribution < 1.29 is 0 Å². The lowest BCUT2D eigenvalue weighted by Gasteiger charge is -2.07. The summed E-state index contributed by atoms with van der Waals surface area (Å²) in [6.45, 7) is 0.809. The third kappa shape index (κ3) is 2.13. The van der Waals surface area contributed by atoms with Crippen LogP contribution in [0.2, 0.25) is 0 Å². The van der Waals surface area contributed by atoms with E-state index >= 15 is 0 Å². The summed E-state index contributed by atoms with van der Waals surface area (Å²) in [5.41, 5.74) is 3.07. The quantitative estimate of drug-likeness (QED) is 0.523. The summed E-state index contributed by atoms with van der Waals surface area (Å²) in [6, 6.07) is 25.1. The second kappa shape index (κ2) is 5.05. The first-order chi connectivity index (χ1) is 10.8. The molecule has 104 valence electrons. The van der Waals surface area contributed by atoms with E-state index in [1.54, 1.807) is 0 Å². The highest BCUT2D eigenvalue weighted by Crippen LogP contribution is 2.21.